The van der Waals surface area contributed by atoms with E-state index >= 15 is 0 Å². The minimum absolute atomic E-state index is 0.00946. The smallest absolute Gasteiger partial charge is 0.339 e. The fourth-order valence-electron chi connectivity index (χ4n) is 5.71. The van der Waals surface area contributed by atoms with Gasteiger partial charge in [0.25, 0.3) is 5.69 Å². The molecule has 0 fully saturated rings. The third-order valence-corrected chi connectivity index (χ3v) is 7.59. The summed E-state index contributed by atoms with van der Waals surface area (Å²) in [6.45, 7) is 3.44. The van der Waals surface area contributed by atoms with Gasteiger partial charge in [-0.2, -0.15) is 0 Å². The number of aromatic amines is 1. The van der Waals surface area contributed by atoms with Gasteiger partial charge < -0.3 is 9.72 Å². The molecule has 8 nitrogen and oxygen atoms in total. The SMILES string of the molecule is Cc1[nH]c2ccccc2c1C(=O)C(C)OC(=O)c1c2c(nc3ccccc13)/C(=C/c1cccc([N+](=O)[O-])c1)CCC2. The van der Waals surface area contributed by atoms with Crippen molar-refractivity contribution in [3.63, 3.8) is 0 Å². The molecule has 0 saturated carbocycles. The van der Waals surface area contributed by atoms with Crippen molar-refractivity contribution < 1.29 is 19.2 Å². The summed E-state index contributed by atoms with van der Waals surface area (Å²) in [5.41, 5.74) is 6.17. The van der Waals surface area contributed by atoms with Gasteiger partial charge in [-0.1, -0.05) is 48.5 Å². The topological polar surface area (TPSA) is 115 Å². The zero-order chi connectivity index (χ0) is 28.7. The van der Waals surface area contributed by atoms with Crippen LogP contribution >= 0.6 is 0 Å². The van der Waals surface area contributed by atoms with Crippen LogP contribution in [0.15, 0.2) is 72.8 Å². The molecule has 1 aliphatic rings. The number of nitrogens with one attached hydrogen (secondary N) is 1. The van der Waals surface area contributed by atoms with Crippen molar-refractivity contribution >= 4 is 50.9 Å². The van der Waals surface area contributed by atoms with Crippen molar-refractivity contribution in [3.8, 4) is 0 Å². The van der Waals surface area contributed by atoms with Gasteiger partial charge in [0.05, 0.1) is 21.7 Å². The molecule has 6 rings (SSSR count). The molecule has 1 N–H and O–H groups in total. The minimum atomic E-state index is -1.01. The van der Waals surface area contributed by atoms with Gasteiger partial charge in [-0.15, -0.1) is 0 Å². The number of esters is 1. The number of nitro benzene ring substituents is 1. The summed E-state index contributed by atoms with van der Waals surface area (Å²) in [7, 11) is 0. The van der Waals surface area contributed by atoms with E-state index in [-0.39, 0.29) is 11.5 Å². The molecule has 0 aliphatic heterocycles. The van der Waals surface area contributed by atoms with E-state index in [0.29, 0.717) is 46.1 Å². The highest BCUT2D eigenvalue weighted by Crippen LogP contribution is 2.37. The third kappa shape index (κ3) is 4.78. The number of nitrogens with zero attached hydrogens (tertiary/aromatic N) is 2. The van der Waals surface area contributed by atoms with Crippen molar-refractivity contribution in [2.45, 2.75) is 39.2 Å². The Balaban J connectivity index is 1.40. The molecule has 5 aromatic rings. The Labute approximate surface area is 235 Å². The first-order chi connectivity index (χ1) is 19.8. The highest BCUT2D eigenvalue weighted by atomic mass is 16.6. The number of aromatic nitrogens is 2. The number of hydrogen-bond acceptors (Lipinski definition) is 6. The van der Waals surface area contributed by atoms with Crippen LogP contribution in [-0.4, -0.2) is 32.7 Å². The van der Waals surface area contributed by atoms with Crippen molar-refractivity contribution in [2.24, 2.45) is 0 Å². The van der Waals surface area contributed by atoms with Crippen LogP contribution in [0.1, 0.15) is 63.0 Å². The van der Waals surface area contributed by atoms with Gasteiger partial charge in [-0.3, -0.25) is 14.9 Å². The summed E-state index contributed by atoms with van der Waals surface area (Å²) >= 11 is 0. The number of nitro groups is 1. The summed E-state index contributed by atoms with van der Waals surface area (Å²) < 4.78 is 5.87. The van der Waals surface area contributed by atoms with Crippen molar-refractivity contribution in [3.05, 3.63) is 117 Å². The van der Waals surface area contributed by atoms with Gasteiger partial charge >= 0.3 is 5.97 Å². The Kier molecular flexibility index (Phi) is 6.67. The van der Waals surface area contributed by atoms with Crippen molar-refractivity contribution in [2.75, 3.05) is 0 Å². The Bertz CT molecular complexity index is 1900. The Morgan fingerprint density at radius 1 is 1.00 bits per heavy atom. The van der Waals surface area contributed by atoms with Crippen molar-refractivity contribution in [1.82, 2.24) is 9.97 Å². The van der Waals surface area contributed by atoms with Gasteiger partial charge in [-0.05, 0) is 68.0 Å². The zero-order valence-electron chi connectivity index (χ0n) is 22.6. The highest BCUT2D eigenvalue weighted by Gasteiger charge is 2.30. The highest BCUT2D eigenvalue weighted by molar-refractivity contribution is 6.13. The van der Waals surface area contributed by atoms with Crippen LogP contribution < -0.4 is 0 Å². The second kappa shape index (κ2) is 10.5. The number of Topliss-reactive ketones (excluding diaryl/α,β-unsaturated/α-hetero) is 1. The molecule has 41 heavy (non-hydrogen) atoms. The van der Waals surface area contributed by atoms with Crippen LogP contribution in [0.25, 0.3) is 33.5 Å². The van der Waals surface area contributed by atoms with E-state index in [9.17, 15) is 19.7 Å². The van der Waals surface area contributed by atoms with Crippen LogP contribution in [0.5, 0.6) is 0 Å². The number of ketones is 1. The van der Waals surface area contributed by atoms with E-state index in [1.165, 1.54) is 12.1 Å². The number of fused-ring (bicyclic) bond motifs is 3. The molecule has 2 heterocycles. The van der Waals surface area contributed by atoms with E-state index in [0.717, 1.165) is 34.2 Å². The number of allylic oxidation sites excluding steroid dienone is 1. The number of H-pyrrole nitrogens is 1. The molecule has 8 heteroatoms. The first-order valence-corrected chi connectivity index (χ1v) is 13.5. The van der Waals surface area contributed by atoms with Crippen molar-refractivity contribution in [1.29, 1.82) is 0 Å². The minimum Gasteiger partial charge on any atom is -0.451 e. The molecular formula is C33H27N3O5. The first-order valence-electron chi connectivity index (χ1n) is 13.5. The first kappa shape index (κ1) is 26.1. The third-order valence-electron chi connectivity index (χ3n) is 7.59. The molecular weight excluding hydrogens is 518 g/mol. The monoisotopic (exact) mass is 545 g/mol. The standard InChI is InChI=1S/C33H27N3O5/c1-19-29(24-12-3-5-15-27(24)34-19)32(37)20(2)41-33(38)30-25-13-4-6-16-28(25)35-31-22(10-8-14-26(30)31)17-21-9-7-11-23(18-21)36(39)40/h3-7,9,11-13,15-18,20,34H,8,10,14H2,1-2H3/b22-17+. The number of carbonyl (C=O) groups excluding carboxylic acids is 2. The molecule has 1 aliphatic carbocycles. The number of rotatable bonds is 6. The predicted octanol–water partition coefficient (Wildman–Crippen LogP) is 7.24. The maximum Gasteiger partial charge on any atom is 0.339 e. The predicted molar refractivity (Wildman–Crippen MR) is 158 cm³/mol. The van der Waals surface area contributed by atoms with Gasteiger partial charge in [0.2, 0.25) is 5.78 Å². The lowest BCUT2D eigenvalue weighted by atomic mass is 9.86. The zero-order valence-corrected chi connectivity index (χ0v) is 22.6. The van der Waals surface area contributed by atoms with Crippen LogP contribution in [-0.2, 0) is 11.2 Å². The number of para-hydroxylation sites is 2. The number of hydrogen-bond donors (Lipinski definition) is 1. The van der Waals surface area contributed by atoms with E-state index in [2.05, 4.69) is 4.98 Å². The Morgan fingerprint density at radius 3 is 2.56 bits per heavy atom. The lowest BCUT2D eigenvalue weighted by molar-refractivity contribution is -0.384. The number of aryl methyl sites for hydroxylation is 1. The normalized spacial score (nSPS) is 14.6. The molecule has 1 atom stereocenters. The molecule has 0 saturated heterocycles. The molecule has 0 bridgehead atoms. The summed E-state index contributed by atoms with van der Waals surface area (Å²) in [6, 6.07) is 21.4. The molecule has 204 valence electrons. The number of pyridine rings is 1. The lowest BCUT2D eigenvalue weighted by Gasteiger charge is -2.23. The maximum atomic E-state index is 13.8. The molecule has 3 aromatic carbocycles. The molecule has 0 amide bonds. The molecule has 1 unspecified atom stereocenters. The number of benzene rings is 3. The van der Waals surface area contributed by atoms with E-state index < -0.39 is 17.0 Å². The Hall–Kier alpha value is -5.11. The lowest BCUT2D eigenvalue weighted by Crippen LogP contribution is -2.26. The second-order valence-electron chi connectivity index (χ2n) is 10.3. The number of ether oxygens (including phenoxy) is 1. The van der Waals surface area contributed by atoms with E-state index in [1.807, 2.05) is 67.6 Å². The van der Waals surface area contributed by atoms with Gasteiger partial charge in [0.15, 0.2) is 6.10 Å². The number of non-ortho nitro benzene ring substituents is 1. The Morgan fingerprint density at radius 2 is 1.76 bits per heavy atom. The van der Waals surface area contributed by atoms with E-state index in [4.69, 9.17) is 9.72 Å². The summed E-state index contributed by atoms with van der Waals surface area (Å²) in [6.07, 6.45) is 2.99. The maximum absolute atomic E-state index is 13.8. The van der Waals surface area contributed by atoms with Crippen LogP contribution in [0.4, 0.5) is 5.69 Å². The quantitative estimate of drug-likeness (QED) is 0.104. The summed E-state index contributed by atoms with van der Waals surface area (Å²) in [5.74, 6) is -0.846. The van der Waals surface area contributed by atoms with Gasteiger partial charge in [0, 0.05) is 39.7 Å². The van der Waals surface area contributed by atoms with E-state index in [1.54, 1.807) is 13.0 Å². The molecule has 0 radical (unpaired) electrons. The average molecular weight is 546 g/mol. The van der Waals surface area contributed by atoms with Gasteiger partial charge in [0.1, 0.15) is 0 Å². The molecule has 0 spiro atoms. The van der Waals surface area contributed by atoms with Gasteiger partial charge in [-0.25, -0.2) is 9.78 Å². The number of carbonyl (C=O) groups is 2. The van der Waals surface area contributed by atoms with Crippen LogP contribution in [0.3, 0.4) is 0 Å². The average Bonchev–Trinajstić information content (AvgIpc) is 3.31. The largest absolute Gasteiger partial charge is 0.451 e. The summed E-state index contributed by atoms with van der Waals surface area (Å²) in [4.78, 5) is 46.4. The van der Waals surface area contributed by atoms with Crippen LogP contribution in [0, 0.1) is 17.0 Å². The van der Waals surface area contributed by atoms with Crippen LogP contribution in [0.2, 0.25) is 0 Å². The molecule has 2 aromatic heterocycles. The summed E-state index contributed by atoms with van der Waals surface area (Å²) in [5, 5.41) is 12.8. The fraction of sp³-hybridized carbons (Fsp3) is 0.182. The fourth-order valence-corrected chi connectivity index (χ4v) is 5.71. The second-order valence-corrected chi connectivity index (χ2v) is 10.3.